The predicted molar refractivity (Wildman–Crippen MR) is 78.5 cm³/mol. The Labute approximate surface area is 126 Å². The number of aromatic nitrogens is 2. The van der Waals surface area contributed by atoms with Crippen LogP contribution in [-0.4, -0.2) is 31.3 Å². The van der Waals surface area contributed by atoms with Crippen LogP contribution in [0.4, 0.5) is 0 Å². The maximum atomic E-state index is 11.8. The molecule has 0 radical (unpaired) electrons. The Kier molecular flexibility index (Phi) is 4.66. The van der Waals surface area contributed by atoms with Crippen LogP contribution in [0, 0.1) is 6.92 Å². The van der Waals surface area contributed by atoms with Crippen molar-refractivity contribution in [2.75, 3.05) is 7.05 Å². The molecule has 0 fully saturated rings. The molecule has 0 bridgehead atoms. The lowest BCUT2D eigenvalue weighted by Gasteiger charge is -2.02. The van der Waals surface area contributed by atoms with Gasteiger partial charge in [-0.3, -0.25) is 9.78 Å². The van der Waals surface area contributed by atoms with Gasteiger partial charge in [0.05, 0.1) is 18.4 Å². The molecular weight excluding hydrogens is 312 g/mol. The summed E-state index contributed by atoms with van der Waals surface area (Å²) in [6.07, 6.45) is 2.91. The van der Waals surface area contributed by atoms with E-state index in [1.807, 2.05) is 0 Å². The molecule has 0 saturated carbocycles. The number of carbonyl (C=O) groups is 1. The van der Waals surface area contributed by atoms with Gasteiger partial charge in [0, 0.05) is 11.1 Å². The molecule has 0 aliphatic heterocycles. The van der Waals surface area contributed by atoms with Crippen molar-refractivity contribution < 1.29 is 13.2 Å². The number of hydrogen-bond acceptors (Lipinski definition) is 6. The molecule has 0 saturated heterocycles. The summed E-state index contributed by atoms with van der Waals surface area (Å²) in [5.74, 6) is -0.353. The Hall–Kier alpha value is -1.84. The van der Waals surface area contributed by atoms with E-state index in [-0.39, 0.29) is 22.4 Å². The zero-order chi connectivity index (χ0) is 15.5. The van der Waals surface area contributed by atoms with Crippen LogP contribution in [0.15, 0.2) is 28.7 Å². The summed E-state index contributed by atoms with van der Waals surface area (Å²) in [7, 11) is -2.09. The standard InChI is InChI=1S/C12H14N4O3S2/c1-8-5-15-10(7-14-8)12(17)16-6-9-3-4-11(20-9)21(18,19)13-2/h3-5,7,13H,6H2,1-2H3,(H,16,17). The number of thiophene rings is 1. The van der Waals surface area contributed by atoms with Crippen LogP contribution >= 0.6 is 11.3 Å². The van der Waals surface area contributed by atoms with Crippen molar-refractivity contribution >= 4 is 27.3 Å². The van der Waals surface area contributed by atoms with E-state index >= 15 is 0 Å². The second-order valence-electron chi connectivity index (χ2n) is 4.15. The van der Waals surface area contributed by atoms with Gasteiger partial charge in [0.2, 0.25) is 10.0 Å². The summed E-state index contributed by atoms with van der Waals surface area (Å²) in [4.78, 5) is 20.5. The molecule has 2 aromatic rings. The van der Waals surface area contributed by atoms with Gasteiger partial charge >= 0.3 is 0 Å². The number of nitrogens with zero attached hydrogens (tertiary/aromatic N) is 2. The fraction of sp³-hybridized carbons (Fsp3) is 0.250. The summed E-state index contributed by atoms with van der Waals surface area (Å²) in [6, 6.07) is 3.17. The van der Waals surface area contributed by atoms with Gasteiger partial charge in [0.25, 0.3) is 5.91 Å². The third-order valence-electron chi connectivity index (χ3n) is 2.61. The molecule has 2 aromatic heterocycles. The van der Waals surface area contributed by atoms with Crippen LogP contribution in [-0.2, 0) is 16.6 Å². The Morgan fingerprint density at radius 2 is 2.05 bits per heavy atom. The molecule has 9 heteroatoms. The molecular formula is C12H14N4O3S2. The lowest BCUT2D eigenvalue weighted by Crippen LogP contribution is -2.23. The summed E-state index contributed by atoms with van der Waals surface area (Å²) in [6.45, 7) is 2.02. The Morgan fingerprint density at radius 1 is 1.29 bits per heavy atom. The summed E-state index contributed by atoms with van der Waals surface area (Å²) in [5, 5.41) is 2.67. The minimum atomic E-state index is -3.44. The van der Waals surface area contributed by atoms with Crippen molar-refractivity contribution in [1.29, 1.82) is 0 Å². The molecule has 112 valence electrons. The number of hydrogen-bond donors (Lipinski definition) is 2. The molecule has 0 atom stereocenters. The van der Waals surface area contributed by atoms with E-state index in [4.69, 9.17) is 0 Å². The van der Waals surface area contributed by atoms with Crippen molar-refractivity contribution in [1.82, 2.24) is 20.0 Å². The van der Waals surface area contributed by atoms with Gasteiger partial charge in [-0.2, -0.15) is 0 Å². The zero-order valence-corrected chi connectivity index (χ0v) is 13.1. The van der Waals surface area contributed by atoms with Gasteiger partial charge in [-0.05, 0) is 26.1 Å². The first-order valence-corrected chi connectivity index (χ1v) is 8.31. The average Bonchev–Trinajstić information content (AvgIpc) is 2.95. The highest BCUT2D eigenvalue weighted by atomic mass is 32.2. The quantitative estimate of drug-likeness (QED) is 0.841. The second kappa shape index (κ2) is 6.29. The topological polar surface area (TPSA) is 101 Å². The van der Waals surface area contributed by atoms with E-state index < -0.39 is 10.0 Å². The first kappa shape index (κ1) is 15.5. The van der Waals surface area contributed by atoms with Gasteiger partial charge in [0.15, 0.2) is 0 Å². The summed E-state index contributed by atoms with van der Waals surface area (Å²) in [5.41, 5.74) is 0.951. The first-order chi connectivity index (χ1) is 9.92. The number of sulfonamides is 1. The van der Waals surface area contributed by atoms with Crippen molar-refractivity contribution in [3.05, 3.63) is 40.8 Å². The van der Waals surface area contributed by atoms with Crippen LogP contribution in [0.2, 0.25) is 0 Å². The minimum absolute atomic E-state index is 0.212. The monoisotopic (exact) mass is 326 g/mol. The summed E-state index contributed by atoms with van der Waals surface area (Å²) >= 11 is 1.10. The SMILES string of the molecule is CNS(=O)(=O)c1ccc(CNC(=O)c2cnc(C)cn2)s1. The second-order valence-corrected chi connectivity index (χ2v) is 7.44. The predicted octanol–water partition coefficient (Wildman–Crippen LogP) is 0.685. The van der Waals surface area contributed by atoms with Crippen molar-refractivity contribution in [2.24, 2.45) is 0 Å². The molecule has 0 aromatic carbocycles. The molecule has 0 spiro atoms. The van der Waals surface area contributed by atoms with Crippen LogP contribution < -0.4 is 10.0 Å². The van der Waals surface area contributed by atoms with Crippen LogP contribution in [0.3, 0.4) is 0 Å². The van der Waals surface area contributed by atoms with E-state index in [2.05, 4.69) is 20.0 Å². The maximum absolute atomic E-state index is 11.8. The van der Waals surface area contributed by atoms with Crippen molar-refractivity contribution in [3.63, 3.8) is 0 Å². The molecule has 2 heterocycles. The van der Waals surface area contributed by atoms with Crippen molar-refractivity contribution in [2.45, 2.75) is 17.7 Å². The van der Waals surface area contributed by atoms with Crippen LogP contribution in [0.25, 0.3) is 0 Å². The molecule has 0 aliphatic carbocycles. The number of rotatable bonds is 5. The average molecular weight is 326 g/mol. The molecule has 21 heavy (non-hydrogen) atoms. The van der Waals surface area contributed by atoms with E-state index in [0.29, 0.717) is 0 Å². The normalized spacial score (nSPS) is 11.3. The lowest BCUT2D eigenvalue weighted by atomic mass is 10.4. The molecule has 2 rings (SSSR count). The smallest absolute Gasteiger partial charge is 0.271 e. The highest BCUT2D eigenvalue weighted by molar-refractivity contribution is 7.91. The van der Waals surface area contributed by atoms with E-state index in [0.717, 1.165) is 21.9 Å². The van der Waals surface area contributed by atoms with Gasteiger partial charge in [0.1, 0.15) is 9.90 Å². The molecule has 0 unspecified atom stereocenters. The van der Waals surface area contributed by atoms with E-state index in [1.54, 1.807) is 13.0 Å². The summed E-state index contributed by atoms with van der Waals surface area (Å²) < 4.78 is 25.7. The van der Waals surface area contributed by atoms with Crippen molar-refractivity contribution in [3.8, 4) is 0 Å². The van der Waals surface area contributed by atoms with Gasteiger partial charge < -0.3 is 5.32 Å². The van der Waals surface area contributed by atoms with E-state index in [9.17, 15) is 13.2 Å². The van der Waals surface area contributed by atoms with Gasteiger partial charge in [-0.1, -0.05) is 0 Å². The Bertz CT molecular complexity index is 738. The highest BCUT2D eigenvalue weighted by Gasteiger charge is 2.15. The number of nitrogens with one attached hydrogen (secondary N) is 2. The zero-order valence-electron chi connectivity index (χ0n) is 11.5. The largest absolute Gasteiger partial charge is 0.346 e. The van der Waals surface area contributed by atoms with Gasteiger partial charge in [-0.15, -0.1) is 11.3 Å². The Balaban J connectivity index is 2.00. The maximum Gasteiger partial charge on any atom is 0.271 e. The fourth-order valence-electron chi connectivity index (χ4n) is 1.47. The number of amides is 1. The highest BCUT2D eigenvalue weighted by Crippen LogP contribution is 2.21. The van der Waals surface area contributed by atoms with E-state index in [1.165, 1.54) is 25.5 Å². The number of aryl methyl sites for hydroxylation is 1. The van der Waals surface area contributed by atoms with Crippen LogP contribution in [0.5, 0.6) is 0 Å². The van der Waals surface area contributed by atoms with Gasteiger partial charge in [-0.25, -0.2) is 18.1 Å². The molecule has 7 nitrogen and oxygen atoms in total. The molecule has 0 aliphatic rings. The Morgan fingerprint density at radius 3 is 2.67 bits per heavy atom. The molecule has 2 N–H and O–H groups in total. The third-order valence-corrected chi connectivity index (χ3v) is 5.60. The van der Waals surface area contributed by atoms with Crippen LogP contribution in [0.1, 0.15) is 21.1 Å². The lowest BCUT2D eigenvalue weighted by molar-refractivity contribution is 0.0946. The fourth-order valence-corrected chi connectivity index (χ4v) is 3.60. The minimum Gasteiger partial charge on any atom is -0.346 e. The number of carbonyl (C=O) groups excluding carboxylic acids is 1. The molecule has 1 amide bonds. The third kappa shape index (κ3) is 3.84. The first-order valence-electron chi connectivity index (χ1n) is 6.01.